The molecule has 0 radical (unpaired) electrons. The molecule has 0 unspecified atom stereocenters. The topological polar surface area (TPSA) is 51.2 Å². The number of ether oxygens (including phenoxy) is 1. The van der Waals surface area contributed by atoms with Gasteiger partial charge < -0.3 is 4.74 Å². The van der Waals surface area contributed by atoms with E-state index in [2.05, 4.69) is 10.3 Å². The van der Waals surface area contributed by atoms with Crippen LogP contribution in [0.2, 0.25) is 5.02 Å². The third kappa shape index (κ3) is 4.16. The summed E-state index contributed by atoms with van der Waals surface area (Å²) in [6.07, 6.45) is 5.71. The van der Waals surface area contributed by atoms with Crippen molar-refractivity contribution in [3.63, 3.8) is 0 Å². The quantitative estimate of drug-likeness (QED) is 0.609. The van der Waals surface area contributed by atoms with Gasteiger partial charge in [0.1, 0.15) is 5.75 Å². The van der Waals surface area contributed by atoms with E-state index in [4.69, 9.17) is 16.3 Å². The maximum absolute atomic E-state index is 12.7. The van der Waals surface area contributed by atoms with Gasteiger partial charge in [-0.25, -0.2) is 4.98 Å². The molecule has 1 N–H and O–H groups in total. The number of anilines is 1. The number of amides is 1. The van der Waals surface area contributed by atoms with Gasteiger partial charge in [-0.1, -0.05) is 41.9 Å². The predicted molar refractivity (Wildman–Crippen MR) is 114 cm³/mol. The van der Waals surface area contributed by atoms with E-state index < -0.39 is 0 Å². The number of aryl methyl sites for hydroxylation is 1. The Hall–Kier alpha value is -2.89. The van der Waals surface area contributed by atoms with Crippen molar-refractivity contribution in [2.24, 2.45) is 0 Å². The molecule has 0 saturated heterocycles. The Morgan fingerprint density at radius 1 is 1.21 bits per heavy atom. The van der Waals surface area contributed by atoms with Crippen LogP contribution in [-0.4, -0.2) is 10.9 Å². The molecule has 6 heteroatoms. The Morgan fingerprint density at radius 3 is 2.93 bits per heavy atom. The molecule has 4 rings (SSSR count). The summed E-state index contributed by atoms with van der Waals surface area (Å²) >= 11 is 7.54. The van der Waals surface area contributed by atoms with Gasteiger partial charge in [-0.05, 0) is 42.8 Å². The normalized spacial score (nSPS) is 12.6. The third-order valence-electron chi connectivity index (χ3n) is 4.30. The van der Waals surface area contributed by atoms with E-state index in [9.17, 15) is 4.79 Å². The molecule has 28 heavy (non-hydrogen) atoms. The Labute approximate surface area is 172 Å². The van der Waals surface area contributed by atoms with E-state index >= 15 is 0 Å². The third-order valence-corrected chi connectivity index (χ3v) is 5.61. The zero-order chi connectivity index (χ0) is 19.5. The summed E-state index contributed by atoms with van der Waals surface area (Å²) in [5.41, 5.74) is 3.38. The van der Waals surface area contributed by atoms with Crippen LogP contribution in [0.15, 0.2) is 66.4 Å². The summed E-state index contributed by atoms with van der Waals surface area (Å²) in [6.45, 7) is 1.95. The van der Waals surface area contributed by atoms with Crippen molar-refractivity contribution >= 4 is 40.1 Å². The first-order valence-corrected chi connectivity index (χ1v) is 9.94. The Bertz CT molecular complexity index is 1100. The van der Waals surface area contributed by atoms with E-state index in [1.807, 2.05) is 61.5 Å². The first-order valence-electron chi connectivity index (χ1n) is 8.74. The van der Waals surface area contributed by atoms with Gasteiger partial charge in [-0.15, -0.1) is 11.3 Å². The average molecular weight is 409 g/mol. The smallest absolute Gasteiger partial charge is 0.257 e. The van der Waals surface area contributed by atoms with Gasteiger partial charge in [0, 0.05) is 27.5 Å². The summed E-state index contributed by atoms with van der Waals surface area (Å²) < 4.78 is 5.54. The van der Waals surface area contributed by atoms with Crippen LogP contribution >= 0.6 is 22.9 Å². The Kier molecular flexibility index (Phi) is 5.28. The lowest BCUT2D eigenvalue weighted by Crippen LogP contribution is -2.12. The number of nitrogens with zero attached hydrogens (tertiary/aromatic N) is 1. The van der Waals surface area contributed by atoms with Crippen molar-refractivity contribution in [3.05, 3.63) is 93.2 Å². The molecule has 0 bridgehead atoms. The Balaban J connectivity index is 1.52. The molecule has 2 heterocycles. The fourth-order valence-electron chi connectivity index (χ4n) is 2.89. The van der Waals surface area contributed by atoms with Crippen LogP contribution in [0.25, 0.3) is 6.08 Å². The van der Waals surface area contributed by atoms with Crippen LogP contribution < -0.4 is 10.1 Å². The van der Waals surface area contributed by atoms with Crippen LogP contribution in [0.4, 0.5) is 5.13 Å². The maximum atomic E-state index is 12.7. The van der Waals surface area contributed by atoms with Crippen molar-refractivity contribution in [1.29, 1.82) is 0 Å². The lowest BCUT2D eigenvalue weighted by atomic mass is 10.1. The minimum Gasteiger partial charge on any atom is -0.464 e. The summed E-state index contributed by atoms with van der Waals surface area (Å²) in [4.78, 5) is 18.3. The number of aromatic nitrogens is 1. The highest BCUT2D eigenvalue weighted by molar-refractivity contribution is 7.15. The first-order chi connectivity index (χ1) is 13.6. The minimum absolute atomic E-state index is 0.223. The Morgan fingerprint density at radius 2 is 2.07 bits per heavy atom. The number of carbonyl (C=O) groups is 1. The SMILES string of the molecule is Cc1nc(NC(=O)C2=Cc3ccccc3OC=C2)sc1Cc1cccc(Cl)c1. The molecule has 1 amide bonds. The largest absolute Gasteiger partial charge is 0.464 e. The van der Waals surface area contributed by atoms with Crippen molar-refractivity contribution in [2.75, 3.05) is 5.32 Å². The van der Waals surface area contributed by atoms with Crippen molar-refractivity contribution < 1.29 is 9.53 Å². The van der Waals surface area contributed by atoms with Gasteiger partial charge in [0.25, 0.3) is 5.91 Å². The van der Waals surface area contributed by atoms with Crippen LogP contribution in [0.3, 0.4) is 0 Å². The summed E-state index contributed by atoms with van der Waals surface area (Å²) in [5.74, 6) is 0.495. The molecule has 1 aromatic heterocycles. The molecule has 3 aromatic rings. The van der Waals surface area contributed by atoms with Gasteiger partial charge in [0.2, 0.25) is 0 Å². The number of fused-ring (bicyclic) bond motifs is 1. The van der Waals surface area contributed by atoms with Crippen LogP contribution in [-0.2, 0) is 11.2 Å². The molecular weight excluding hydrogens is 392 g/mol. The zero-order valence-electron chi connectivity index (χ0n) is 15.1. The molecule has 4 nitrogen and oxygen atoms in total. The van der Waals surface area contributed by atoms with E-state index in [0.29, 0.717) is 15.7 Å². The first kappa shape index (κ1) is 18.5. The summed E-state index contributed by atoms with van der Waals surface area (Å²) in [5, 5.41) is 4.18. The summed E-state index contributed by atoms with van der Waals surface area (Å²) in [7, 11) is 0. The van der Waals surface area contributed by atoms with Gasteiger partial charge >= 0.3 is 0 Å². The molecule has 1 aliphatic rings. The van der Waals surface area contributed by atoms with Crippen molar-refractivity contribution in [1.82, 2.24) is 4.98 Å². The molecule has 140 valence electrons. The van der Waals surface area contributed by atoms with Gasteiger partial charge in [0.15, 0.2) is 5.13 Å². The second kappa shape index (κ2) is 8.00. The second-order valence-electron chi connectivity index (χ2n) is 6.35. The molecule has 0 saturated carbocycles. The van der Waals surface area contributed by atoms with Crippen LogP contribution in [0, 0.1) is 6.92 Å². The molecule has 0 aliphatic carbocycles. The number of thiazole rings is 1. The van der Waals surface area contributed by atoms with E-state index in [1.165, 1.54) is 17.6 Å². The molecule has 0 atom stereocenters. The highest BCUT2D eigenvalue weighted by atomic mass is 35.5. The lowest BCUT2D eigenvalue weighted by Gasteiger charge is -2.03. The molecule has 0 spiro atoms. The number of carbonyl (C=O) groups excluding carboxylic acids is 1. The number of benzene rings is 2. The number of rotatable bonds is 4. The minimum atomic E-state index is -0.223. The average Bonchev–Trinajstić information content (AvgIpc) is 2.89. The zero-order valence-corrected chi connectivity index (χ0v) is 16.7. The molecule has 0 fully saturated rings. The number of hydrogen-bond acceptors (Lipinski definition) is 4. The number of halogens is 1. The van der Waals surface area contributed by atoms with Gasteiger partial charge in [-0.3, -0.25) is 10.1 Å². The predicted octanol–water partition coefficient (Wildman–Crippen LogP) is 5.62. The highest BCUT2D eigenvalue weighted by Crippen LogP contribution is 2.28. The number of para-hydroxylation sites is 1. The van der Waals surface area contributed by atoms with Gasteiger partial charge in [0.05, 0.1) is 12.0 Å². The highest BCUT2D eigenvalue weighted by Gasteiger charge is 2.15. The van der Waals surface area contributed by atoms with Crippen LogP contribution in [0.5, 0.6) is 5.75 Å². The molecular formula is C22H17ClN2O2S. The van der Waals surface area contributed by atoms with Gasteiger partial charge in [-0.2, -0.15) is 0 Å². The van der Waals surface area contributed by atoms with E-state index in [1.54, 1.807) is 6.08 Å². The fourth-order valence-corrected chi connectivity index (χ4v) is 4.10. The van der Waals surface area contributed by atoms with E-state index in [-0.39, 0.29) is 5.91 Å². The lowest BCUT2D eigenvalue weighted by molar-refractivity contribution is -0.112. The number of hydrogen-bond donors (Lipinski definition) is 1. The standard InChI is InChI=1S/C22H17ClN2O2S/c1-14-20(12-15-5-4-7-18(23)11-15)28-22(24-14)25-21(26)17-9-10-27-19-8-3-2-6-16(19)13-17/h2-11,13H,12H2,1H3,(H,24,25,26). The van der Waals surface area contributed by atoms with Crippen molar-refractivity contribution in [3.8, 4) is 5.75 Å². The fraction of sp³-hybridized carbons (Fsp3) is 0.0909. The second-order valence-corrected chi connectivity index (χ2v) is 7.87. The maximum Gasteiger partial charge on any atom is 0.257 e. The van der Waals surface area contributed by atoms with Crippen LogP contribution in [0.1, 0.15) is 21.7 Å². The summed E-state index contributed by atoms with van der Waals surface area (Å²) in [6, 6.07) is 15.3. The van der Waals surface area contributed by atoms with Crippen molar-refractivity contribution in [2.45, 2.75) is 13.3 Å². The molecule has 2 aromatic carbocycles. The monoisotopic (exact) mass is 408 g/mol. The van der Waals surface area contributed by atoms with E-state index in [0.717, 1.165) is 33.9 Å². The number of nitrogens with one attached hydrogen (secondary N) is 1. The molecule has 1 aliphatic heterocycles.